The average Bonchev–Trinajstić information content (AvgIpc) is 2.66. The van der Waals surface area contributed by atoms with E-state index in [2.05, 4.69) is 0 Å². The molecule has 0 N–H and O–H groups in total. The number of hydrogen-bond donors (Lipinski definition) is 0. The predicted octanol–water partition coefficient (Wildman–Crippen LogP) is 1.37. The number of amides is 1. The van der Waals surface area contributed by atoms with E-state index in [0.717, 1.165) is 11.3 Å². The van der Waals surface area contributed by atoms with Gasteiger partial charge in [-0.15, -0.1) is 0 Å². The fourth-order valence-electron chi connectivity index (χ4n) is 3.07. The van der Waals surface area contributed by atoms with Crippen molar-refractivity contribution in [3.8, 4) is 0 Å². The Morgan fingerprint density at radius 3 is 2.50 bits per heavy atom. The van der Waals surface area contributed by atoms with Crippen molar-refractivity contribution in [2.75, 3.05) is 24.7 Å². The molecule has 1 aromatic heterocycles. The first-order valence-corrected chi connectivity index (χ1v) is 8.23. The van der Waals surface area contributed by atoms with Crippen molar-refractivity contribution >= 4 is 22.5 Å². The highest BCUT2D eigenvalue weighted by molar-refractivity contribution is 5.94. The van der Waals surface area contributed by atoms with E-state index in [4.69, 9.17) is 9.15 Å². The zero-order valence-corrected chi connectivity index (χ0v) is 13.9. The Labute approximate surface area is 148 Å². The number of nitrogens with zero attached hydrogens (tertiary/aromatic N) is 2. The third-order valence-corrected chi connectivity index (χ3v) is 4.39. The van der Waals surface area contributed by atoms with Gasteiger partial charge in [-0.1, -0.05) is 24.3 Å². The van der Waals surface area contributed by atoms with Crippen LogP contribution in [0.25, 0.3) is 10.9 Å². The van der Waals surface area contributed by atoms with Crippen LogP contribution in [0.2, 0.25) is 0 Å². The minimum Gasteiger partial charge on any atom is -0.372 e. The number of para-hydroxylation sites is 1. The lowest BCUT2D eigenvalue weighted by molar-refractivity contribution is -0.125. The zero-order chi connectivity index (χ0) is 18.1. The minimum absolute atomic E-state index is 0.0731. The van der Waals surface area contributed by atoms with Crippen LogP contribution < -0.4 is 16.3 Å². The fraction of sp³-hybridized carbons (Fsp3) is 0.211. The Kier molecular flexibility index (Phi) is 4.14. The Bertz CT molecular complexity index is 1080. The molecule has 0 saturated carbocycles. The number of carbonyl (C=O) groups is 1. The first-order valence-electron chi connectivity index (χ1n) is 8.23. The number of anilines is 1. The van der Waals surface area contributed by atoms with E-state index < -0.39 is 11.4 Å². The largest absolute Gasteiger partial charge is 0.422 e. The summed E-state index contributed by atoms with van der Waals surface area (Å²) in [4.78, 5) is 37.6. The number of ether oxygens (including phenoxy) is 1. The average molecular weight is 352 g/mol. The number of aromatic nitrogens is 1. The third-order valence-electron chi connectivity index (χ3n) is 4.39. The molecule has 2 heterocycles. The number of fused-ring (bicyclic) bond motifs is 1. The smallest absolute Gasteiger partial charge is 0.372 e. The van der Waals surface area contributed by atoms with Gasteiger partial charge in [-0.05, 0) is 29.8 Å². The molecule has 2 aromatic carbocycles. The second kappa shape index (κ2) is 6.61. The fourth-order valence-corrected chi connectivity index (χ4v) is 3.07. The molecule has 7 heteroatoms. The summed E-state index contributed by atoms with van der Waals surface area (Å²) in [5, 5.41) is 0.364. The number of rotatable bonds is 3. The lowest BCUT2D eigenvalue weighted by Gasteiger charge is -2.26. The van der Waals surface area contributed by atoms with Gasteiger partial charge in [0.1, 0.15) is 6.61 Å². The van der Waals surface area contributed by atoms with Crippen molar-refractivity contribution in [2.24, 2.45) is 0 Å². The van der Waals surface area contributed by atoms with E-state index in [1.165, 1.54) is 4.57 Å². The summed E-state index contributed by atoms with van der Waals surface area (Å²) in [6.45, 7) is 1.39. The van der Waals surface area contributed by atoms with Gasteiger partial charge in [-0.25, -0.2) is 9.59 Å². The Morgan fingerprint density at radius 1 is 0.962 bits per heavy atom. The van der Waals surface area contributed by atoms with Gasteiger partial charge in [0.05, 0.1) is 24.1 Å². The molecule has 0 bridgehead atoms. The molecule has 1 aliphatic heterocycles. The van der Waals surface area contributed by atoms with Gasteiger partial charge in [0, 0.05) is 12.2 Å². The van der Waals surface area contributed by atoms with Gasteiger partial charge in [0.25, 0.3) is 5.91 Å². The number of carbonyl (C=O) groups excluding carboxylic acids is 1. The molecule has 26 heavy (non-hydrogen) atoms. The van der Waals surface area contributed by atoms with Crippen LogP contribution in [-0.4, -0.2) is 30.2 Å². The van der Waals surface area contributed by atoms with Crippen LogP contribution in [0.1, 0.15) is 5.56 Å². The molecular formula is C19H16N2O5. The molecule has 1 amide bonds. The third kappa shape index (κ3) is 2.93. The van der Waals surface area contributed by atoms with E-state index in [0.29, 0.717) is 24.1 Å². The second-order valence-corrected chi connectivity index (χ2v) is 6.02. The molecule has 0 spiro atoms. The number of benzene rings is 2. The van der Waals surface area contributed by atoms with Gasteiger partial charge < -0.3 is 14.1 Å². The van der Waals surface area contributed by atoms with Crippen molar-refractivity contribution in [3.05, 3.63) is 75.1 Å². The van der Waals surface area contributed by atoms with Crippen LogP contribution in [0, 0.1) is 0 Å². The van der Waals surface area contributed by atoms with Crippen LogP contribution in [0.4, 0.5) is 5.69 Å². The lowest BCUT2D eigenvalue weighted by atomic mass is 10.1. The first kappa shape index (κ1) is 16.3. The normalized spacial score (nSPS) is 14.8. The molecule has 1 aliphatic rings. The quantitative estimate of drug-likeness (QED) is 0.711. The summed E-state index contributed by atoms with van der Waals surface area (Å²) in [6.07, 6.45) is 0. The Hall–Kier alpha value is -3.19. The molecule has 1 saturated heterocycles. The lowest BCUT2D eigenvalue weighted by Crippen LogP contribution is -2.41. The van der Waals surface area contributed by atoms with Crippen LogP contribution in [-0.2, 0) is 16.1 Å². The van der Waals surface area contributed by atoms with Crippen molar-refractivity contribution in [2.45, 2.75) is 6.54 Å². The topological polar surface area (TPSA) is 81.8 Å². The van der Waals surface area contributed by atoms with E-state index in [-0.39, 0.29) is 19.1 Å². The SMILES string of the molecule is O=C1COCCN1c1ccc(Cn2c(=O)oc(=O)c3ccccc32)cc1. The van der Waals surface area contributed by atoms with Gasteiger partial charge in [0.15, 0.2) is 0 Å². The van der Waals surface area contributed by atoms with Crippen molar-refractivity contribution < 1.29 is 13.9 Å². The molecule has 7 nitrogen and oxygen atoms in total. The summed E-state index contributed by atoms with van der Waals surface area (Å²) in [6, 6.07) is 14.2. The predicted molar refractivity (Wildman–Crippen MR) is 95.5 cm³/mol. The highest BCUT2D eigenvalue weighted by Gasteiger charge is 2.20. The molecule has 0 aliphatic carbocycles. The first-order chi connectivity index (χ1) is 12.6. The maximum atomic E-state index is 12.1. The summed E-state index contributed by atoms with van der Waals surface area (Å²) in [5.74, 6) is -0.766. The summed E-state index contributed by atoms with van der Waals surface area (Å²) in [7, 11) is 0. The Morgan fingerprint density at radius 2 is 1.73 bits per heavy atom. The van der Waals surface area contributed by atoms with Crippen LogP contribution >= 0.6 is 0 Å². The van der Waals surface area contributed by atoms with Gasteiger partial charge in [-0.2, -0.15) is 0 Å². The zero-order valence-electron chi connectivity index (χ0n) is 13.9. The molecular weight excluding hydrogens is 336 g/mol. The number of morpholine rings is 1. The molecule has 0 unspecified atom stereocenters. The maximum Gasteiger partial charge on any atom is 0.422 e. The number of hydrogen-bond acceptors (Lipinski definition) is 5. The monoisotopic (exact) mass is 352 g/mol. The van der Waals surface area contributed by atoms with Crippen LogP contribution in [0.15, 0.2) is 62.5 Å². The van der Waals surface area contributed by atoms with Gasteiger partial charge in [-0.3, -0.25) is 9.36 Å². The molecule has 1 fully saturated rings. The molecule has 4 rings (SSSR count). The molecule has 3 aromatic rings. The van der Waals surface area contributed by atoms with E-state index >= 15 is 0 Å². The summed E-state index contributed by atoms with van der Waals surface area (Å²) >= 11 is 0. The summed E-state index contributed by atoms with van der Waals surface area (Å²) in [5.41, 5.74) is 1.54. The molecule has 132 valence electrons. The van der Waals surface area contributed by atoms with Crippen LogP contribution in [0.5, 0.6) is 0 Å². The van der Waals surface area contributed by atoms with Crippen molar-refractivity contribution in [1.82, 2.24) is 4.57 Å². The molecule has 0 radical (unpaired) electrons. The van der Waals surface area contributed by atoms with Gasteiger partial charge in [0.2, 0.25) is 0 Å². The van der Waals surface area contributed by atoms with Crippen molar-refractivity contribution in [3.63, 3.8) is 0 Å². The van der Waals surface area contributed by atoms with E-state index in [1.54, 1.807) is 29.2 Å². The maximum absolute atomic E-state index is 12.1. The molecule has 0 atom stereocenters. The van der Waals surface area contributed by atoms with Gasteiger partial charge >= 0.3 is 11.4 Å². The van der Waals surface area contributed by atoms with Crippen LogP contribution in [0.3, 0.4) is 0 Å². The summed E-state index contributed by atoms with van der Waals surface area (Å²) < 4.78 is 11.4. The second-order valence-electron chi connectivity index (χ2n) is 6.02. The highest BCUT2D eigenvalue weighted by atomic mass is 16.5. The standard InChI is InChI=1S/C19H16N2O5/c22-17-12-25-10-9-20(17)14-7-5-13(6-8-14)11-21-16-4-2-1-3-15(16)18(23)26-19(21)24/h1-8H,9-12H2. The minimum atomic E-state index is -0.693. The Balaban J connectivity index is 1.66. The van der Waals surface area contributed by atoms with E-state index in [1.807, 2.05) is 24.3 Å². The highest BCUT2D eigenvalue weighted by Crippen LogP contribution is 2.18. The van der Waals surface area contributed by atoms with E-state index in [9.17, 15) is 14.4 Å². The van der Waals surface area contributed by atoms with Crippen molar-refractivity contribution in [1.29, 1.82) is 0 Å².